The van der Waals surface area contributed by atoms with Crippen LogP contribution in [0.3, 0.4) is 0 Å². The molecule has 0 bridgehead atoms. The van der Waals surface area contributed by atoms with Crippen LogP contribution in [0.4, 0.5) is 5.13 Å². The van der Waals surface area contributed by atoms with Crippen LogP contribution in [0.2, 0.25) is 0 Å². The molecule has 3 aromatic rings. The maximum atomic E-state index is 12.4. The van der Waals surface area contributed by atoms with E-state index in [2.05, 4.69) is 20.5 Å². The van der Waals surface area contributed by atoms with E-state index in [0.29, 0.717) is 30.1 Å². The van der Waals surface area contributed by atoms with E-state index in [4.69, 9.17) is 16.9 Å². The van der Waals surface area contributed by atoms with Crippen LogP contribution >= 0.6 is 11.3 Å². The third kappa shape index (κ3) is 10.3. The van der Waals surface area contributed by atoms with Crippen LogP contribution in [0, 0.1) is 5.41 Å². The Balaban J connectivity index is 1.31. The molecule has 0 aliphatic heterocycles. The summed E-state index contributed by atoms with van der Waals surface area (Å²) < 4.78 is 0. The van der Waals surface area contributed by atoms with Crippen molar-refractivity contribution < 1.29 is 9.59 Å². The number of amides is 2. The molecule has 0 radical (unpaired) electrons. The number of nitrogens with zero attached hydrogens (tertiary/aromatic N) is 3. The summed E-state index contributed by atoms with van der Waals surface area (Å²) in [4.78, 5) is 28.4. The number of carbonyl (C=O) groups excluding carboxylic acids is 2. The lowest BCUT2D eigenvalue weighted by atomic mass is 10.0. The summed E-state index contributed by atoms with van der Waals surface area (Å²) in [5.41, 5.74) is 15.2. The van der Waals surface area contributed by atoms with Gasteiger partial charge in [0.15, 0.2) is 0 Å². The molecular weight excluding hydrogens is 498 g/mol. The predicted octanol–water partition coefficient (Wildman–Crippen LogP) is 4.38. The second-order valence-corrected chi connectivity index (χ2v) is 10.3. The first-order chi connectivity index (χ1) is 18.3. The van der Waals surface area contributed by atoms with Gasteiger partial charge in [0.2, 0.25) is 11.0 Å². The Labute approximate surface area is 227 Å². The molecule has 1 unspecified atom stereocenters. The zero-order chi connectivity index (χ0) is 27.3. The lowest BCUT2D eigenvalue weighted by Gasteiger charge is -2.07. The third-order valence-corrected chi connectivity index (χ3v) is 6.72. The number of benzene rings is 2. The number of hydrogen-bond donors (Lipinski definition) is 4. The van der Waals surface area contributed by atoms with E-state index in [1.807, 2.05) is 61.5 Å². The van der Waals surface area contributed by atoms with Crippen LogP contribution < -0.4 is 16.8 Å². The zero-order valence-corrected chi connectivity index (χ0v) is 22.5. The Morgan fingerprint density at radius 1 is 1.00 bits per heavy atom. The van der Waals surface area contributed by atoms with Gasteiger partial charge < -0.3 is 22.2 Å². The van der Waals surface area contributed by atoms with Gasteiger partial charge in [-0.15, -0.1) is 10.2 Å². The minimum absolute atomic E-state index is 0.0831. The molecule has 0 fully saturated rings. The van der Waals surface area contributed by atoms with E-state index < -0.39 is 0 Å². The van der Waals surface area contributed by atoms with E-state index >= 15 is 0 Å². The van der Waals surface area contributed by atoms with Crippen molar-refractivity contribution >= 4 is 39.8 Å². The van der Waals surface area contributed by atoms with Crippen LogP contribution in [-0.4, -0.2) is 33.6 Å². The number of nitrogens with one attached hydrogen (secondary N) is 2. The highest BCUT2D eigenvalue weighted by Gasteiger charge is 2.11. The molecule has 9 nitrogen and oxygen atoms in total. The average Bonchev–Trinajstić information content (AvgIpc) is 3.32. The molecule has 0 aliphatic carbocycles. The van der Waals surface area contributed by atoms with Gasteiger partial charge in [-0.25, -0.2) is 4.99 Å². The van der Waals surface area contributed by atoms with Crippen LogP contribution in [0.25, 0.3) is 0 Å². The molecule has 1 heterocycles. The van der Waals surface area contributed by atoms with E-state index in [1.165, 1.54) is 11.3 Å². The van der Waals surface area contributed by atoms with E-state index in [0.717, 1.165) is 41.0 Å². The van der Waals surface area contributed by atoms with Gasteiger partial charge in [0, 0.05) is 24.6 Å². The topological polar surface area (TPSA) is 160 Å². The lowest BCUT2D eigenvalue weighted by molar-refractivity contribution is -0.117. The second-order valence-electron chi connectivity index (χ2n) is 9.23. The van der Waals surface area contributed by atoms with E-state index in [9.17, 15) is 9.59 Å². The zero-order valence-electron chi connectivity index (χ0n) is 21.7. The first kappa shape index (κ1) is 28.8. The number of nitrogens with two attached hydrogens (primary N) is 2. The molecule has 3 rings (SSSR count). The molecule has 0 aliphatic rings. The van der Waals surface area contributed by atoms with Gasteiger partial charge >= 0.3 is 0 Å². The van der Waals surface area contributed by atoms with Crippen LogP contribution in [0.15, 0.2) is 59.6 Å². The number of carbonyl (C=O) groups is 2. The Morgan fingerprint density at radius 3 is 2.53 bits per heavy atom. The molecule has 0 spiro atoms. The van der Waals surface area contributed by atoms with Gasteiger partial charge in [-0.05, 0) is 49.3 Å². The second kappa shape index (κ2) is 14.8. The van der Waals surface area contributed by atoms with Crippen molar-refractivity contribution in [2.45, 2.75) is 64.3 Å². The number of unbranched alkanes of at least 4 members (excludes halogenated alkanes) is 1. The van der Waals surface area contributed by atoms with Gasteiger partial charge in [-0.1, -0.05) is 65.9 Å². The van der Waals surface area contributed by atoms with Gasteiger partial charge in [0.1, 0.15) is 10.8 Å². The summed E-state index contributed by atoms with van der Waals surface area (Å²) in [7, 11) is 0. The number of hydrogen-bond acceptors (Lipinski definition) is 7. The summed E-state index contributed by atoms with van der Waals surface area (Å²) in [6.45, 7) is 1.91. The quantitative estimate of drug-likeness (QED) is 0.137. The number of anilines is 1. The first-order valence-corrected chi connectivity index (χ1v) is 13.5. The largest absolute Gasteiger partial charge is 0.387 e. The molecule has 1 aromatic heterocycles. The number of aliphatic imine (C=N–C) groups is 1. The fourth-order valence-corrected chi connectivity index (χ4v) is 4.58. The smallest absolute Gasteiger partial charge is 0.251 e. The Kier molecular flexibility index (Phi) is 11.3. The molecule has 2 aromatic carbocycles. The molecule has 0 saturated heterocycles. The molecule has 10 heteroatoms. The van der Waals surface area contributed by atoms with Crippen molar-refractivity contribution in [1.29, 1.82) is 5.41 Å². The van der Waals surface area contributed by atoms with Crippen molar-refractivity contribution in [2.24, 2.45) is 16.5 Å². The average molecular weight is 534 g/mol. The molecule has 0 saturated carbocycles. The van der Waals surface area contributed by atoms with E-state index in [-0.39, 0.29) is 36.5 Å². The molecule has 6 N–H and O–H groups in total. The number of aromatic nitrogens is 2. The Hall–Kier alpha value is -3.76. The highest BCUT2D eigenvalue weighted by Crippen LogP contribution is 2.19. The predicted molar refractivity (Wildman–Crippen MR) is 153 cm³/mol. The summed E-state index contributed by atoms with van der Waals surface area (Å²) >= 11 is 1.37. The van der Waals surface area contributed by atoms with Crippen LogP contribution in [0.5, 0.6) is 0 Å². The molecule has 2 amide bonds. The standard InChI is InChI=1S/C28H35N7O2S/c1-19(29)22-11-7-10-21(16-22)18-26(37)33-28-35-34-27(38-28)13-6-5-12-23(30)14-15-24(31)32-25(36)17-20-8-3-2-4-9-20/h2-4,7-11,16,19,30H,5-6,12-15,17-18,29H2,1H3,(H2,31,32,36)(H,33,35,37). The normalized spacial score (nSPS) is 12.2. The summed E-state index contributed by atoms with van der Waals surface area (Å²) in [5, 5.41) is 20.6. The van der Waals surface area contributed by atoms with Crippen molar-refractivity contribution in [3.63, 3.8) is 0 Å². The van der Waals surface area contributed by atoms with Crippen molar-refractivity contribution in [2.75, 3.05) is 5.32 Å². The van der Waals surface area contributed by atoms with Gasteiger partial charge in [-0.2, -0.15) is 0 Å². The molecular formula is C28H35N7O2S. The highest BCUT2D eigenvalue weighted by molar-refractivity contribution is 7.15. The van der Waals surface area contributed by atoms with Gasteiger partial charge in [-0.3, -0.25) is 9.59 Å². The number of rotatable bonds is 14. The number of aryl methyl sites for hydroxylation is 1. The highest BCUT2D eigenvalue weighted by atomic mass is 32.1. The Bertz CT molecular complexity index is 1250. The number of amidine groups is 1. The lowest BCUT2D eigenvalue weighted by Crippen LogP contribution is -2.16. The summed E-state index contributed by atoms with van der Waals surface area (Å²) in [6.07, 6.45) is 4.41. The maximum Gasteiger partial charge on any atom is 0.251 e. The van der Waals surface area contributed by atoms with Crippen LogP contribution in [0.1, 0.15) is 66.8 Å². The van der Waals surface area contributed by atoms with Crippen molar-refractivity contribution in [3.8, 4) is 0 Å². The van der Waals surface area contributed by atoms with Crippen LogP contribution in [-0.2, 0) is 28.9 Å². The Morgan fingerprint density at radius 2 is 1.76 bits per heavy atom. The first-order valence-electron chi connectivity index (χ1n) is 12.7. The molecule has 200 valence electrons. The third-order valence-electron chi connectivity index (χ3n) is 5.82. The molecule has 1 atom stereocenters. The summed E-state index contributed by atoms with van der Waals surface area (Å²) in [6, 6.07) is 17.0. The fraction of sp³-hybridized carbons (Fsp3) is 0.357. The minimum Gasteiger partial charge on any atom is -0.387 e. The monoisotopic (exact) mass is 533 g/mol. The van der Waals surface area contributed by atoms with E-state index in [1.54, 1.807) is 0 Å². The minimum atomic E-state index is -0.275. The fourth-order valence-electron chi connectivity index (χ4n) is 3.78. The molecule has 38 heavy (non-hydrogen) atoms. The van der Waals surface area contributed by atoms with Gasteiger partial charge in [0.25, 0.3) is 5.91 Å². The maximum absolute atomic E-state index is 12.4. The van der Waals surface area contributed by atoms with Crippen molar-refractivity contribution in [1.82, 2.24) is 10.2 Å². The van der Waals surface area contributed by atoms with Gasteiger partial charge in [0.05, 0.1) is 12.8 Å². The summed E-state index contributed by atoms with van der Waals surface area (Å²) in [5.74, 6) is -0.156. The van der Waals surface area contributed by atoms with Crippen molar-refractivity contribution in [3.05, 3.63) is 76.3 Å². The SMILES string of the molecule is CC(N)c1cccc(CC(=O)Nc2nnc(CCCCC(=N)CCC(N)=NC(=O)Cc3ccccc3)s2)c1.